The largest absolute Gasteiger partial charge is 0.506 e. The van der Waals surface area contributed by atoms with Crippen molar-refractivity contribution in [3.63, 3.8) is 0 Å². The monoisotopic (exact) mass is 295 g/mol. The van der Waals surface area contributed by atoms with Crippen LogP contribution in [0.25, 0.3) is 0 Å². The predicted molar refractivity (Wildman–Crippen MR) is 74.0 cm³/mol. The molecule has 0 saturated heterocycles. The highest BCUT2D eigenvalue weighted by Gasteiger charge is 2.12. The van der Waals surface area contributed by atoms with E-state index in [1.807, 2.05) is 0 Å². The van der Waals surface area contributed by atoms with E-state index < -0.39 is 11.7 Å². The molecule has 2 aromatic rings. The first kappa shape index (κ1) is 14.1. The Morgan fingerprint density at radius 3 is 2.80 bits per heavy atom. The van der Waals surface area contributed by atoms with Crippen molar-refractivity contribution >= 4 is 23.2 Å². The summed E-state index contributed by atoms with van der Waals surface area (Å²) < 4.78 is 18.6. The maximum Gasteiger partial charge on any atom is 0.255 e. The van der Waals surface area contributed by atoms with E-state index in [1.165, 1.54) is 13.2 Å². The van der Waals surface area contributed by atoms with Crippen LogP contribution in [-0.4, -0.2) is 18.1 Å². The molecule has 2 aromatic carbocycles. The number of phenolic OH excluding ortho intramolecular Hbond substituents is 1. The zero-order valence-corrected chi connectivity index (χ0v) is 11.2. The van der Waals surface area contributed by atoms with Gasteiger partial charge in [0.15, 0.2) is 5.82 Å². The molecule has 4 nitrogen and oxygen atoms in total. The lowest BCUT2D eigenvalue weighted by molar-refractivity contribution is 0.102. The van der Waals surface area contributed by atoms with Crippen LogP contribution < -0.4 is 10.1 Å². The number of aromatic hydroxyl groups is 1. The van der Waals surface area contributed by atoms with Gasteiger partial charge in [-0.2, -0.15) is 0 Å². The third kappa shape index (κ3) is 3.00. The number of amides is 1. The van der Waals surface area contributed by atoms with Crippen LogP contribution >= 0.6 is 11.6 Å². The minimum Gasteiger partial charge on any atom is -0.506 e. The Kier molecular flexibility index (Phi) is 4.10. The molecule has 0 heterocycles. The van der Waals surface area contributed by atoms with Gasteiger partial charge in [-0.3, -0.25) is 4.79 Å². The molecule has 0 saturated carbocycles. The first-order chi connectivity index (χ1) is 9.51. The molecule has 20 heavy (non-hydrogen) atoms. The number of carbonyl (C=O) groups excluding carboxylic acids is 1. The van der Waals surface area contributed by atoms with Crippen molar-refractivity contribution in [1.29, 1.82) is 0 Å². The molecule has 0 aliphatic carbocycles. The summed E-state index contributed by atoms with van der Waals surface area (Å²) >= 11 is 5.67. The van der Waals surface area contributed by atoms with Gasteiger partial charge < -0.3 is 15.2 Å². The van der Waals surface area contributed by atoms with E-state index in [9.17, 15) is 14.3 Å². The molecule has 6 heteroatoms. The molecule has 2 N–H and O–H groups in total. The summed E-state index contributed by atoms with van der Waals surface area (Å²) in [5.74, 6) is -1.15. The Bertz CT molecular complexity index is 661. The minimum absolute atomic E-state index is 0.0488. The molecule has 104 valence electrons. The van der Waals surface area contributed by atoms with Crippen LogP contribution in [0.1, 0.15) is 10.4 Å². The fourth-order valence-corrected chi connectivity index (χ4v) is 1.75. The van der Waals surface area contributed by atoms with Gasteiger partial charge >= 0.3 is 0 Å². The van der Waals surface area contributed by atoms with Crippen LogP contribution in [0.5, 0.6) is 11.5 Å². The van der Waals surface area contributed by atoms with E-state index in [0.29, 0.717) is 11.3 Å². The van der Waals surface area contributed by atoms with E-state index in [1.54, 1.807) is 18.2 Å². The third-order valence-corrected chi connectivity index (χ3v) is 2.92. The van der Waals surface area contributed by atoms with Gasteiger partial charge in [0.25, 0.3) is 5.91 Å². The zero-order valence-electron chi connectivity index (χ0n) is 10.5. The second-order valence-electron chi connectivity index (χ2n) is 3.97. The van der Waals surface area contributed by atoms with Crippen molar-refractivity contribution in [3.8, 4) is 11.5 Å². The highest BCUT2D eigenvalue weighted by molar-refractivity contribution is 6.32. The zero-order chi connectivity index (χ0) is 14.7. The molecule has 0 radical (unpaired) electrons. The predicted octanol–water partition coefficient (Wildman–Crippen LogP) is 3.45. The van der Waals surface area contributed by atoms with Crippen LogP contribution in [0.2, 0.25) is 5.02 Å². The Hall–Kier alpha value is -2.27. The number of halogens is 2. The summed E-state index contributed by atoms with van der Waals surface area (Å²) in [6, 6.07) is 8.41. The number of hydrogen-bond acceptors (Lipinski definition) is 3. The van der Waals surface area contributed by atoms with Gasteiger partial charge in [0.2, 0.25) is 0 Å². The molecule has 0 atom stereocenters. The number of benzene rings is 2. The second-order valence-corrected chi connectivity index (χ2v) is 4.38. The Morgan fingerprint density at radius 2 is 2.10 bits per heavy atom. The lowest BCUT2D eigenvalue weighted by atomic mass is 10.2. The number of nitrogens with one attached hydrogen (secondary N) is 1. The van der Waals surface area contributed by atoms with Crippen molar-refractivity contribution in [2.24, 2.45) is 0 Å². The smallest absolute Gasteiger partial charge is 0.255 e. The third-order valence-electron chi connectivity index (χ3n) is 2.62. The van der Waals surface area contributed by atoms with E-state index in [4.69, 9.17) is 16.3 Å². The lowest BCUT2D eigenvalue weighted by Crippen LogP contribution is -2.13. The molecule has 0 aliphatic rings. The number of phenols is 1. The van der Waals surface area contributed by atoms with Crippen LogP contribution in [0, 0.1) is 5.82 Å². The number of anilines is 1. The van der Waals surface area contributed by atoms with E-state index >= 15 is 0 Å². The maximum absolute atomic E-state index is 13.6. The Labute approximate surface area is 119 Å². The summed E-state index contributed by atoms with van der Waals surface area (Å²) in [5, 5.41) is 11.6. The Balaban J connectivity index is 2.25. The first-order valence-electron chi connectivity index (χ1n) is 5.64. The summed E-state index contributed by atoms with van der Waals surface area (Å²) in [6.45, 7) is 0. The average molecular weight is 296 g/mol. The number of rotatable bonds is 3. The molecule has 2 rings (SSSR count). The SMILES string of the molecule is COc1cccc(C(=O)Nc2cc(Cl)c(O)cc2F)c1. The van der Waals surface area contributed by atoms with Crippen LogP contribution in [0.4, 0.5) is 10.1 Å². The summed E-state index contributed by atoms with van der Waals surface area (Å²) in [6.07, 6.45) is 0. The quantitative estimate of drug-likeness (QED) is 0.853. The molecule has 0 bridgehead atoms. The molecule has 0 aromatic heterocycles. The van der Waals surface area contributed by atoms with Gasteiger partial charge in [-0.05, 0) is 24.3 Å². The molecule has 0 spiro atoms. The van der Waals surface area contributed by atoms with Crippen molar-refractivity contribution in [2.75, 3.05) is 12.4 Å². The number of methoxy groups -OCH3 is 1. The van der Waals surface area contributed by atoms with Gasteiger partial charge in [-0.15, -0.1) is 0 Å². The van der Waals surface area contributed by atoms with E-state index in [0.717, 1.165) is 12.1 Å². The highest BCUT2D eigenvalue weighted by atomic mass is 35.5. The molecule has 1 amide bonds. The lowest BCUT2D eigenvalue weighted by Gasteiger charge is -2.08. The standard InChI is InChI=1S/C14H11ClFNO3/c1-20-9-4-2-3-8(5-9)14(19)17-12-6-10(15)13(18)7-11(12)16/h2-7,18H,1H3,(H,17,19). The van der Waals surface area contributed by atoms with Crippen molar-refractivity contribution < 1.29 is 19.0 Å². The first-order valence-corrected chi connectivity index (χ1v) is 6.02. The molecular formula is C14H11ClFNO3. The van der Waals surface area contributed by atoms with Gasteiger partial charge in [-0.25, -0.2) is 4.39 Å². The molecular weight excluding hydrogens is 285 g/mol. The molecule has 0 aliphatic heterocycles. The van der Waals surface area contributed by atoms with Crippen LogP contribution in [-0.2, 0) is 0 Å². The van der Waals surface area contributed by atoms with Gasteiger partial charge in [0, 0.05) is 11.6 Å². The fourth-order valence-electron chi connectivity index (χ4n) is 1.59. The average Bonchev–Trinajstić information content (AvgIpc) is 2.44. The summed E-state index contributed by atoms with van der Waals surface area (Å²) in [5.41, 5.74) is 0.202. The second kappa shape index (κ2) is 5.79. The fraction of sp³-hybridized carbons (Fsp3) is 0.0714. The number of ether oxygens (including phenoxy) is 1. The molecule has 0 unspecified atom stereocenters. The summed E-state index contributed by atoms with van der Waals surface area (Å²) in [7, 11) is 1.48. The minimum atomic E-state index is -0.775. The number of hydrogen-bond donors (Lipinski definition) is 2. The summed E-state index contributed by atoms with van der Waals surface area (Å²) in [4.78, 5) is 12.0. The highest BCUT2D eigenvalue weighted by Crippen LogP contribution is 2.29. The van der Waals surface area contributed by atoms with Gasteiger partial charge in [0.1, 0.15) is 11.5 Å². The maximum atomic E-state index is 13.6. The van der Waals surface area contributed by atoms with Crippen LogP contribution in [0.3, 0.4) is 0 Å². The van der Waals surface area contributed by atoms with Crippen LogP contribution in [0.15, 0.2) is 36.4 Å². The number of carbonyl (C=O) groups is 1. The topological polar surface area (TPSA) is 58.6 Å². The normalized spacial score (nSPS) is 10.2. The molecule has 0 fully saturated rings. The van der Waals surface area contributed by atoms with Crippen molar-refractivity contribution in [1.82, 2.24) is 0 Å². The van der Waals surface area contributed by atoms with Crippen molar-refractivity contribution in [3.05, 3.63) is 52.8 Å². The van der Waals surface area contributed by atoms with Crippen molar-refractivity contribution in [2.45, 2.75) is 0 Å². The van der Waals surface area contributed by atoms with Gasteiger partial charge in [0.05, 0.1) is 17.8 Å². The van der Waals surface area contributed by atoms with E-state index in [-0.39, 0.29) is 16.5 Å². The van der Waals surface area contributed by atoms with Gasteiger partial charge in [-0.1, -0.05) is 17.7 Å². The van der Waals surface area contributed by atoms with E-state index in [2.05, 4.69) is 5.32 Å². The Morgan fingerprint density at radius 1 is 1.35 bits per heavy atom.